The number of aryl methyl sites for hydroxylation is 2. The fourth-order valence-corrected chi connectivity index (χ4v) is 13.5. The predicted octanol–water partition coefficient (Wildman–Crippen LogP) is 4.53. The Morgan fingerprint density at radius 1 is 0.432 bits per heavy atom. The summed E-state index contributed by atoms with van der Waals surface area (Å²) in [6.07, 6.45) is 4.75. The number of carbonyl (C=O) groups excluding carboxylic acids is 3. The smallest absolute Gasteiger partial charge is 0.415 e. The van der Waals surface area contributed by atoms with Crippen LogP contribution in [0.25, 0.3) is 0 Å². The number of rotatable bonds is 12. The molecule has 15 rings (SSSR count). The molecule has 6 bridgehead atoms. The molecule has 9 aliphatic heterocycles. The molecule has 3 amide bonds. The molecule has 3 atom stereocenters. The van der Waals surface area contributed by atoms with Crippen molar-refractivity contribution in [3.8, 4) is 0 Å². The third kappa shape index (κ3) is 17.5. The number of carbonyl (C=O) groups is 3. The Hall–Kier alpha value is -5.15. The molecule has 6 aromatic rings. The maximum atomic E-state index is 14.4. The first-order valence-electron chi connectivity index (χ1n) is 30.0. The second-order valence-corrected chi connectivity index (χ2v) is 25.3. The number of halogens is 8. The van der Waals surface area contributed by atoms with Crippen molar-refractivity contribution in [2.45, 2.75) is 90.3 Å². The van der Waals surface area contributed by atoms with Gasteiger partial charge in [-0.2, -0.15) is 0 Å². The number of likely N-dealkylation sites (N-methyl/N-ethyl adjacent to an activating group) is 3. The van der Waals surface area contributed by atoms with E-state index >= 15 is 0 Å². The molecule has 0 radical (unpaired) electrons. The Morgan fingerprint density at radius 3 is 1.33 bits per heavy atom. The molecule has 9 fully saturated rings. The van der Waals surface area contributed by atoms with Gasteiger partial charge in [0.2, 0.25) is 0 Å². The lowest BCUT2D eigenvalue weighted by Crippen LogP contribution is -3.00. The molecule has 9 saturated heterocycles. The van der Waals surface area contributed by atoms with Crippen LogP contribution >= 0.6 is 0 Å². The molecule has 0 aromatic heterocycles. The Morgan fingerprint density at radius 2 is 0.852 bits per heavy atom. The second kappa shape index (κ2) is 30.8. The molecule has 0 unspecified atom stereocenters. The van der Waals surface area contributed by atoms with E-state index in [0.29, 0.717) is 36.1 Å². The minimum atomic E-state index is -1.26. The zero-order valence-electron chi connectivity index (χ0n) is 50.6. The molecule has 6 aromatic carbocycles. The molecular weight excluding hydrogens is 1470 g/mol. The zero-order valence-corrected chi connectivity index (χ0v) is 57.1. The van der Waals surface area contributed by atoms with Gasteiger partial charge in [0.1, 0.15) is 37.1 Å². The average Bonchev–Trinajstić information content (AvgIpc) is 1.62. The summed E-state index contributed by atoms with van der Waals surface area (Å²) in [5, 5.41) is 0. The van der Waals surface area contributed by atoms with Crippen LogP contribution < -0.4 is 86.6 Å². The summed E-state index contributed by atoms with van der Waals surface area (Å²) < 4.78 is 89.9. The van der Waals surface area contributed by atoms with Gasteiger partial charge in [0.05, 0.1) is 91.4 Å². The van der Waals surface area contributed by atoms with Gasteiger partial charge in [0, 0.05) is 73.6 Å². The average molecular weight is 1550 g/mol. The van der Waals surface area contributed by atoms with Gasteiger partial charge in [-0.3, -0.25) is 14.7 Å². The van der Waals surface area contributed by atoms with Crippen LogP contribution in [0.15, 0.2) is 140 Å². The van der Waals surface area contributed by atoms with Crippen molar-refractivity contribution in [3.63, 3.8) is 0 Å². The van der Waals surface area contributed by atoms with Crippen molar-refractivity contribution < 1.29 is 136 Å². The molecule has 9 aliphatic rings. The van der Waals surface area contributed by atoms with E-state index in [-0.39, 0.29) is 126 Å². The minimum absolute atomic E-state index is 0. The molecule has 12 nitrogen and oxygen atoms in total. The summed E-state index contributed by atoms with van der Waals surface area (Å²) >= 11 is 0. The van der Waals surface area contributed by atoms with Crippen LogP contribution in [0.5, 0.6) is 0 Å². The topological polar surface area (TPSA) is 88.6 Å². The molecule has 474 valence electrons. The van der Waals surface area contributed by atoms with Gasteiger partial charge in [-0.05, 0) is 84.6 Å². The number of anilines is 3. The molecule has 0 saturated carbocycles. The Bertz CT molecular complexity index is 3310. The van der Waals surface area contributed by atoms with Crippen LogP contribution in [0, 0.1) is 60.7 Å². The Labute approximate surface area is 566 Å². The molecule has 0 spiro atoms. The maximum Gasteiger partial charge on any atom is 0.415 e. The highest BCUT2D eigenvalue weighted by Gasteiger charge is 2.48. The number of ether oxygens (including phenoxy) is 3. The van der Waals surface area contributed by atoms with Crippen molar-refractivity contribution in [3.05, 3.63) is 196 Å². The van der Waals surface area contributed by atoms with Gasteiger partial charge >= 0.3 is 18.3 Å². The quantitative estimate of drug-likeness (QED) is 0.0590. The number of nitrogens with zero attached hydrogens (tertiary/aromatic N) is 6. The van der Waals surface area contributed by atoms with Gasteiger partial charge in [0.15, 0.2) is 29.9 Å². The van der Waals surface area contributed by atoms with Gasteiger partial charge in [-0.15, -0.1) is 0 Å². The lowest BCUT2D eigenvalue weighted by Gasteiger charge is -2.49. The highest BCUT2D eigenvalue weighted by atomic mass is 127. The molecule has 0 N–H and O–H groups in total. The van der Waals surface area contributed by atoms with E-state index in [9.17, 15) is 36.3 Å². The van der Waals surface area contributed by atoms with E-state index in [2.05, 4.69) is 21.1 Å². The summed E-state index contributed by atoms with van der Waals surface area (Å²) in [6, 6.07) is 38.6. The maximum absolute atomic E-state index is 14.4. The summed E-state index contributed by atoms with van der Waals surface area (Å²) in [5.41, 5.74) is 5.18. The van der Waals surface area contributed by atoms with Gasteiger partial charge in [-0.1, -0.05) is 84.9 Å². The summed E-state index contributed by atoms with van der Waals surface area (Å²) in [4.78, 5) is 43.9. The zero-order chi connectivity index (χ0) is 60.0. The summed E-state index contributed by atoms with van der Waals surface area (Å²) in [5.74, 6) is -2.79. The molecule has 0 aliphatic carbocycles. The van der Waals surface area contributed by atoms with E-state index in [0.717, 1.165) is 132 Å². The molecule has 9 heterocycles. The van der Waals surface area contributed by atoms with Crippen molar-refractivity contribution in [1.29, 1.82) is 0 Å². The largest absolute Gasteiger partial charge is 1.00 e. The van der Waals surface area contributed by atoms with Crippen LogP contribution in [-0.4, -0.2) is 130 Å². The van der Waals surface area contributed by atoms with E-state index < -0.39 is 35.5 Å². The first-order chi connectivity index (χ1) is 40.7. The highest BCUT2D eigenvalue weighted by molar-refractivity contribution is 5.89. The fourth-order valence-electron chi connectivity index (χ4n) is 13.5. The number of quaternary nitrogens is 3. The lowest BCUT2D eigenvalue weighted by molar-refractivity contribution is -0.928. The third-order valence-corrected chi connectivity index (χ3v) is 18.8. The Kier molecular flexibility index (Phi) is 24.6. The highest BCUT2D eigenvalue weighted by Crippen LogP contribution is 2.38. The van der Waals surface area contributed by atoms with Crippen LogP contribution in [0.4, 0.5) is 53.4 Å². The molecule has 88 heavy (non-hydrogen) atoms. The van der Waals surface area contributed by atoms with Gasteiger partial charge in [-0.25, -0.2) is 36.3 Å². The summed E-state index contributed by atoms with van der Waals surface area (Å²) in [6.45, 7) is 13.6. The summed E-state index contributed by atoms with van der Waals surface area (Å²) in [7, 11) is 6.66. The fraction of sp³-hybridized carbons (Fsp3) is 0.426. The number of hydrogen-bond acceptors (Lipinski definition) is 6. The minimum Gasteiger partial charge on any atom is -1.00 e. The van der Waals surface area contributed by atoms with E-state index in [4.69, 9.17) is 14.2 Å². The van der Waals surface area contributed by atoms with Crippen molar-refractivity contribution in [2.75, 3.05) is 94.7 Å². The molecular formula is C68H80F5I3N6O6. The van der Waals surface area contributed by atoms with E-state index in [1.165, 1.54) is 41.1 Å². The van der Waals surface area contributed by atoms with E-state index in [1.807, 2.05) is 80.6 Å². The number of fused-ring (bicyclic) bond motifs is 9. The van der Waals surface area contributed by atoms with Crippen LogP contribution in [0.1, 0.15) is 66.3 Å². The number of piperidine rings is 9. The number of para-hydroxylation sites is 2. The van der Waals surface area contributed by atoms with Crippen LogP contribution in [0.2, 0.25) is 0 Å². The monoisotopic (exact) mass is 1550 g/mol. The third-order valence-electron chi connectivity index (χ3n) is 18.8. The SMILES string of the molecule is C[N+]12CCC(CC1)[C@@H](OC(=O)N(Cc1ccccc1)c1ccccc1F)C2.Cc1cccc(N(Cc2ccc(F)cc2)C(=O)O[C@H]2C[N+]3(C)CCC2CC3)c1.Cc1ccccc1N(Cc1cc(F)c(F)cc1F)C(=O)O[C@H]1C[N+]2(C)CCC1CC2.[I-].[I-].[I-]. The van der Waals surface area contributed by atoms with Crippen molar-refractivity contribution >= 4 is 35.3 Å². The normalized spacial score (nSPS) is 25.1. The number of benzene rings is 6. The van der Waals surface area contributed by atoms with Crippen LogP contribution in [0.3, 0.4) is 0 Å². The lowest BCUT2D eigenvalue weighted by atomic mass is 9.84. The Balaban J connectivity index is 0.000000185. The number of amides is 3. The van der Waals surface area contributed by atoms with Crippen molar-refractivity contribution in [1.82, 2.24) is 0 Å². The van der Waals surface area contributed by atoms with E-state index in [1.54, 1.807) is 47.4 Å². The number of hydrogen-bond donors (Lipinski definition) is 0. The molecule has 20 heteroatoms. The standard InChI is InChI=1S/C23H26F3N2O2.C23H28FN2O2.C22H26FN2O2.3HI/c1-15-5-3-4-6-21(15)27(13-17-11-19(25)20(26)12-18(17)24)23(29)30-22-14-28(2)9-7-16(22)8-10-28;1-17-4-3-5-21(14-17)25(15-18-6-8-20(24)9-7-18)23(27)28-22-16-26(2)12-10-19(22)11-13-26;1-25-13-11-18(12-14-25)21(16-25)27-22(26)24(15-17-7-3-2-4-8-17)20-10-6-5-9-19(20)23;;;/h3-6,11-12,16,22H,7-10,13-14H2,1-2H3;3-9,14,19,22H,10-13,15-16H2,1-2H3;2-10,18,21H,11-16H2,1H3;3*1H/q3*+1;;;/p-3/t16?,22-,28?;19?,22-,26?;18?,21-,25?;;;/m000.../s1. The van der Waals surface area contributed by atoms with Crippen molar-refractivity contribution in [2.24, 2.45) is 17.8 Å². The predicted molar refractivity (Wildman–Crippen MR) is 318 cm³/mol. The first-order valence-corrected chi connectivity index (χ1v) is 30.0. The van der Waals surface area contributed by atoms with Crippen LogP contribution in [-0.2, 0) is 33.8 Å². The second-order valence-electron chi connectivity index (χ2n) is 25.3. The van der Waals surface area contributed by atoms with Gasteiger partial charge in [0.25, 0.3) is 0 Å². The van der Waals surface area contributed by atoms with Gasteiger partial charge < -0.3 is 99.6 Å². The first kappa shape index (κ1) is 70.3.